The van der Waals surface area contributed by atoms with Gasteiger partial charge < -0.3 is 14.6 Å². The van der Waals surface area contributed by atoms with Gasteiger partial charge in [-0.2, -0.15) is 5.10 Å². The van der Waals surface area contributed by atoms with Crippen LogP contribution in [-0.2, 0) is 20.9 Å². The molecule has 0 aliphatic carbocycles. The van der Waals surface area contributed by atoms with Crippen LogP contribution in [0.2, 0.25) is 0 Å². The normalized spacial score (nSPS) is 15.3. The van der Waals surface area contributed by atoms with Crippen molar-refractivity contribution in [3.05, 3.63) is 78.1 Å². The number of carbonyl (C=O) groups is 2. The molecular weight excluding hydrogens is 425 g/mol. The maximum atomic E-state index is 14.7. The van der Waals surface area contributed by atoms with Crippen molar-refractivity contribution in [3.8, 4) is 5.69 Å². The molecule has 1 aliphatic heterocycles. The van der Waals surface area contributed by atoms with Crippen LogP contribution >= 0.6 is 0 Å². The topological polar surface area (TPSA) is 88.8 Å². The Hall–Kier alpha value is -4.01. The van der Waals surface area contributed by atoms with Gasteiger partial charge in [-0.25, -0.2) is 14.2 Å². The highest BCUT2D eigenvalue weighted by Gasteiger charge is 2.36. The molecule has 2 heterocycles. The lowest BCUT2D eigenvalue weighted by molar-refractivity contribution is -0.135. The molecule has 1 aromatic heterocycles. The van der Waals surface area contributed by atoms with E-state index in [-0.39, 0.29) is 31.2 Å². The van der Waals surface area contributed by atoms with E-state index in [1.165, 1.54) is 11.1 Å². The van der Waals surface area contributed by atoms with E-state index < -0.39 is 17.8 Å². The Morgan fingerprint density at radius 1 is 1.21 bits per heavy atom. The summed E-state index contributed by atoms with van der Waals surface area (Å²) in [5.74, 6) is -0.602. The van der Waals surface area contributed by atoms with E-state index >= 15 is 0 Å². The fourth-order valence-electron chi connectivity index (χ4n) is 3.67. The quantitative estimate of drug-likeness (QED) is 0.560. The number of hydrazone groups is 1. The zero-order valence-corrected chi connectivity index (χ0v) is 18.4. The molecule has 0 spiro atoms. The van der Waals surface area contributed by atoms with E-state index in [1.54, 1.807) is 42.9 Å². The predicted molar refractivity (Wildman–Crippen MR) is 121 cm³/mol. The fraction of sp³-hybridized carbons (Fsp3) is 0.250. The fourth-order valence-corrected chi connectivity index (χ4v) is 3.67. The van der Waals surface area contributed by atoms with Crippen molar-refractivity contribution in [1.29, 1.82) is 0 Å². The first-order chi connectivity index (χ1) is 16.0. The number of rotatable bonds is 7. The van der Waals surface area contributed by atoms with Gasteiger partial charge in [0.15, 0.2) is 0 Å². The van der Waals surface area contributed by atoms with Gasteiger partial charge in [0.05, 0.1) is 18.0 Å². The summed E-state index contributed by atoms with van der Waals surface area (Å²) in [5.41, 5.74) is 1.87. The predicted octanol–water partition coefficient (Wildman–Crippen LogP) is 3.13. The molecule has 8 nitrogen and oxygen atoms in total. The van der Waals surface area contributed by atoms with Crippen molar-refractivity contribution in [2.45, 2.75) is 32.9 Å². The second-order valence-electron chi connectivity index (χ2n) is 7.52. The number of benzene rings is 2. The van der Waals surface area contributed by atoms with Crippen LogP contribution in [0, 0.1) is 12.7 Å². The average Bonchev–Trinajstić information content (AvgIpc) is 3.45. The minimum Gasteiger partial charge on any atom is -0.461 e. The number of esters is 1. The number of halogens is 1. The molecule has 3 aromatic rings. The van der Waals surface area contributed by atoms with E-state index in [2.05, 4.69) is 15.4 Å². The Morgan fingerprint density at radius 2 is 2.00 bits per heavy atom. The van der Waals surface area contributed by atoms with Crippen molar-refractivity contribution in [2.75, 3.05) is 11.6 Å². The smallest absolute Gasteiger partial charge is 0.354 e. The molecule has 1 N–H and O–H groups in total. The molecule has 1 unspecified atom stereocenters. The zero-order valence-electron chi connectivity index (χ0n) is 18.4. The Morgan fingerprint density at radius 3 is 2.67 bits per heavy atom. The molecule has 33 heavy (non-hydrogen) atoms. The molecule has 4 rings (SSSR count). The third kappa shape index (κ3) is 4.77. The van der Waals surface area contributed by atoms with Crippen LogP contribution in [0.15, 0.2) is 66.0 Å². The minimum atomic E-state index is -0.718. The molecule has 0 saturated heterocycles. The van der Waals surface area contributed by atoms with E-state index in [1.807, 2.05) is 30.3 Å². The number of aromatic nitrogens is 2. The number of anilines is 1. The van der Waals surface area contributed by atoms with Crippen LogP contribution in [0.1, 0.15) is 24.7 Å². The van der Waals surface area contributed by atoms with Gasteiger partial charge in [0.1, 0.15) is 23.4 Å². The summed E-state index contributed by atoms with van der Waals surface area (Å²) in [6.45, 7) is 3.86. The number of ether oxygens (including phenoxy) is 1. The SMILES string of the molecule is CCOC(=O)C1=NN(c2ccccc2)C(C(=O)NCc2ccc(-n3ccnc3C)c(F)c2)C1. The van der Waals surface area contributed by atoms with Gasteiger partial charge in [0.25, 0.3) is 0 Å². The van der Waals surface area contributed by atoms with E-state index in [0.717, 1.165) is 0 Å². The number of hydrogen-bond donors (Lipinski definition) is 1. The number of para-hydroxylation sites is 1. The van der Waals surface area contributed by atoms with Crippen LogP contribution in [0.4, 0.5) is 10.1 Å². The molecule has 0 radical (unpaired) electrons. The van der Waals surface area contributed by atoms with Crippen LogP contribution in [-0.4, -0.2) is 39.8 Å². The summed E-state index contributed by atoms with van der Waals surface area (Å²) >= 11 is 0. The van der Waals surface area contributed by atoms with E-state index in [4.69, 9.17) is 4.74 Å². The highest BCUT2D eigenvalue weighted by atomic mass is 19.1. The van der Waals surface area contributed by atoms with Gasteiger partial charge in [-0.3, -0.25) is 9.80 Å². The summed E-state index contributed by atoms with van der Waals surface area (Å²) in [4.78, 5) is 29.3. The molecule has 1 atom stereocenters. The van der Waals surface area contributed by atoms with Gasteiger partial charge >= 0.3 is 5.97 Å². The number of imidazole rings is 1. The molecule has 2 aromatic carbocycles. The van der Waals surface area contributed by atoms with Gasteiger partial charge in [0, 0.05) is 25.4 Å². The van der Waals surface area contributed by atoms with Crippen molar-refractivity contribution in [2.24, 2.45) is 5.10 Å². The standard InChI is InChI=1S/C24H24FN5O3/c1-3-33-24(32)20-14-22(30(28-20)18-7-5-4-6-8-18)23(31)27-15-17-9-10-21(19(25)13-17)29-12-11-26-16(29)2/h4-13,22H,3,14-15H2,1-2H3,(H,27,31). The first-order valence-corrected chi connectivity index (χ1v) is 10.6. The van der Waals surface area contributed by atoms with Crippen LogP contribution in [0.3, 0.4) is 0 Å². The van der Waals surface area contributed by atoms with Gasteiger partial charge in [-0.1, -0.05) is 24.3 Å². The number of nitrogens with zero attached hydrogens (tertiary/aromatic N) is 4. The summed E-state index contributed by atoms with van der Waals surface area (Å²) in [6, 6.07) is 13.2. The number of nitrogens with one attached hydrogen (secondary N) is 1. The number of hydrogen-bond acceptors (Lipinski definition) is 6. The molecular formula is C24H24FN5O3. The van der Waals surface area contributed by atoms with Crippen molar-refractivity contribution < 1.29 is 18.7 Å². The Bertz CT molecular complexity index is 1190. The van der Waals surface area contributed by atoms with Crippen molar-refractivity contribution >= 4 is 23.3 Å². The summed E-state index contributed by atoms with van der Waals surface area (Å²) in [7, 11) is 0. The lowest BCUT2D eigenvalue weighted by Crippen LogP contribution is -2.42. The van der Waals surface area contributed by atoms with Gasteiger partial charge in [-0.15, -0.1) is 0 Å². The van der Waals surface area contributed by atoms with Crippen LogP contribution in [0.5, 0.6) is 0 Å². The average molecular weight is 449 g/mol. The summed E-state index contributed by atoms with van der Waals surface area (Å²) in [6.07, 6.45) is 3.41. The third-order valence-corrected chi connectivity index (χ3v) is 5.31. The second-order valence-corrected chi connectivity index (χ2v) is 7.52. The maximum absolute atomic E-state index is 14.7. The monoisotopic (exact) mass is 449 g/mol. The highest BCUT2D eigenvalue weighted by molar-refractivity contribution is 6.38. The molecule has 9 heteroatoms. The number of amides is 1. The molecule has 1 amide bonds. The lowest BCUT2D eigenvalue weighted by atomic mass is 10.1. The molecule has 0 bridgehead atoms. The van der Waals surface area contributed by atoms with Crippen LogP contribution < -0.4 is 10.3 Å². The summed E-state index contributed by atoms with van der Waals surface area (Å²) in [5, 5.41) is 8.70. The molecule has 1 aliphatic rings. The van der Waals surface area contributed by atoms with Crippen LogP contribution in [0.25, 0.3) is 5.69 Å². The number of aryl methyl sites for hydroxylation is 1. The van der Waals surface area contributed by atoms with Crippen molar-refractivity contribution in [3.63, 3.8) is 0 Å². The number of carbonyl (C=O) groups excluding carboxylic acids is 2. The lowest BCUT2D eigenvalue weighted by Gasteiger charge is -2.22. The molecule has 0 saturated carbocycles. The zero-order chi connectivity index (χ0) is 23.4. The van der Waals surface area contributed by atoms with E-state index in [0.29, 0.717) is 22.8 Å². The first kappa shape index (κ1) is 22.2. The van der Waals surface area contributed by atoms with Gasteiger partial charge in [0.2, 0.25) is 5.91 Å². The third-order valence-electron chi connectivity index (χ3n) is 5.31. The Kier molecular flexibility index (Phi) is 6.48. The second kappa shape index (κ2) is 9.64. The van der Waals surface area contributed by atoms with E-state index in [9.17, 15) is 14.0 Å². The maximum Gasteiger partial charge on any atom is 0.354 e. The minimum absolute atomic E-state index is 0.118. The van der Waals surface area contributed by atoms with Crippen molar-refractivity contribution in [1.82, 2.24) is 14.9 Å². The van der Waals surface area contributed by atoms with Gasteiger partial charge in [-0.05, 0) is 43.7 Å². The summed E-state index contributed by atoms with van der Waals surface area (Å²) < 4.78 is 21.4. The highest BCUT2D eigenvalue weighted by Crippen LogP contribution is 2.25. The molecule has 0 fully saturated rings. The largest absolute Gasteiger partial charge is 0.461 e. The Labute approximate surface area is 190 Å². The Balaban J connectivity index is 1.47. The molecule has 170 valence electrons. The first-order valence-electron chi connectivity index (χ1n) is 10.6.